The summed E-state index contributed by atoms with van der Waals surface area (Å²) in [6, 6.07) is 10.2. The predicted octanol–water partition coefficient (Wildman–Crippen LogP) is 3.02. The molecule has 0 radical (unpaired) electrons. The van der Waals surface area contributed by atoms with Gasteiger partial charge in [-0.2, -0.15) is 5.26 Å². The van der Waals surface area contributed by atoms with Crippen molar-refractivity contribution in [2.24, 2.45) is 0 Å². The van der Waals surface area contributed by atoms with E-state index in [0.29, 0.717) is 11.6 Å². The van der Waals surface area contributed by atoms with Crippen LogP contribution in [-0.2, 0) is 11.3 Å². The van der Waals surface area contributed by atoms with Gasteiger partial charge in [0.1, 0.15) is 0 Å². The molecule has 0 spiro atoms. The predicted molar refractivity (Wildman–Crippen MR) is 95.7 cm³/mol. The summed E-state index contributed by atoms with van der Waals surface area (Å²) in [5.41, 5.74) is 2.38. The Kier molecular flexibility index (Phi) is 5.55. The molecule has 24 heavy (non-hydrogen) atoms. The van der Waals surface area contributed by atoms with Gasteiger partial charge in [0.25, 0.3) is 0 Å². The summed E-state index contributed by atoms with van der Waals surface area (Å²) >= 11 is 0. The lowest BCUT2D eigenvalue weighted by Gasteiger charge is -2.50. The van der Waals surface area contributed by atoms with Gasteiger partial charge < -0.3 is 4.74 Å². The van der Waals surface area contributed by atoms with Gasteiger partial charge in [0.15, 0.2) is 0 Å². The molecule has 2 heterocycles. The van der Waals surface area contributed by atoms with Crippen molar-refractivity contribution in [2.75, 3.05) is 32.8 Å². The highest BCUT2D eigenvalue weighted by atomic mass is 16.5. The molecule has 2 unspecified atom stereocenters. The minimum atomic E-state index is 0.345. The second-order valence-corrected chi connectivity index (χ2v) is 7.29. The van der Waals surface area contributed by atoms with Crippen molar-refractivity contribution in [2.45, 2.75) is 51.3 Å². The quantitative estimate of drug-likeness (QED) is 0.852. The number of rotatable bonds is 4. The van der Waals surface area contributed by atoms with Crippen molar-refractivity contribution in [3.63, 3.8) is 0 Å². The third kappa shape index (κ3) is 3.80. The average molecular weight is 327 g/mol. The first kappa shape index (κ1) is 17.4. The van der Waals surface area contributed by atoms with E-state index in [1.807, 2.05) is 12.1 Å². The lowest BCUT2D eigenvalue weighted by atomic mass is 9.82. The summed E-state index contributed by atoms with van der Waals surface area (Å²) in [7, 11) is 0. The number of nitriles is 1. The van der Waals surface area contributed by atoms with E-state index in [-0.39, 0.29) is 0 Å². The maximum Gasteiger partial charge on any atom is 0.0991 e. The van der Waals surface area contributed by atoms with Crippen LogP contribution in [0.15, 0.2) is 24.3 Å². The van der Waals surface area contributed by atoms with E-state index in [1.54, 1.807) is 0 Å². The van der Waals surface area contributed by atoms with Crippen molar-refractivity contribution in [3.8, 4) is 6.07 Å². The van der Waals surface area contributed by atoms with Gasteiger partial charge in [-0.3, -0.25) is 9.80 Å². The molecule has 1 aromatic rings. The summed E-state index contributed by atoms with van der Waals surface area (Å²) in [5.74, 6) is 0. The van der Waals surface area contributed by atoms with Crippen LogP contribution in [0.25, 0.3) is 0 Å². The smallest absolute Gasteiger partial charge is 0.0991 e. The Morgan fingerprint density at radius 1 is 1.21 bits per heavy atom. The summed E-state index contributed by atoms with van der Waals surface area (Å²) < 4.78 is 5.78. The molecule has 2 atom stereocenters. The first-order valence-corrected chi connectivity index (χ1v) is 9.23. The van der Waals surface area contributed by atoms with Crippen molar-refractivity contribution >= 4 is 0 Å². The molecule has 0 amide bonds. The van der Waals surface area contributed by atoms with Crippen LogP contribution in [0, 0.1) is 11.3 Å². The first-order valence-electron chi connectivity index (χ1n) is 9.23. The fraction of sp³-hybridized carbons (Fsp3) is 0.650. The Hall–Kier alpha value is -1.41. The molecule has 4 nitrogen and oxygen atoms in total. The maximum atomic E-state index is 8.89. The van der Waals surface area contributed by atoms with Crippen LogP contribution in [0.5, 0.6) is 0 Å². The van der Waals surface area contributed by atoms with Gasteiger partial charge >= 0.3 is 0 Å². The zero-order valence-electron chi connectivity index (χ0n) is 15.0. The minimum absolute atomic E-state index is 0.345. The SMILES string of the molecule is CCC1(N2CCN(Cc3ccc(C#N)cc3)CC2)CCOC(C)C1. The molecule has 2 aliphatic heterocycles. The molecule has 2 saturated heterocycles. The maximum absolute atomic E-state index is 8.89. The minimum Gasteiger partial charge on any atom is -0.378 e. The molecular weight excluding hydrogens is 298 g/mol. The van der Waals surface area contributed by atoms with Gasteiger partial charge in [-0.25, -0.2) is 0 Å². The number of ether oxygens (including phenoxy) is 1. The molecule has 0 aliphatic carbocycles. The van der Waals surface area contributed by atoms with Gasteiger partial charge in [0.2, 0.25) is 0 Å². The highest BCUT2D eigenvalue weighted by Crippen LogP contribution is 2.34. The lowest BCUT2D eigenvalue weighted by Crippen LogP contribution is -2.59. The average Bonchev–Trinajstić information content (AvgIpc) is 2.63. The number of hydrogen-bond donors (Lipinski definition) is 0. The van der Waals surface area contributed by atoms with Gasteiger partial charge in [-0.15, -0.1) is 0 Å². The van der Waals surface area contributed by atoms with E-state index in [4.69, 9.17) is 10.00 Å². The van der Waals surface area contributed by atoms with Crippen molar-refractivity contribution < 1.29 is 4.74 Å². The molecule has 130 valence electrons. The molecule has 2 fully saturated rings. The highest BCUT2D eigenvalue weighted by Gasteiger charge is 2.40. The summed E-state index contributed by atoms with van der Waals surface area (Å²) in [5, 5.41) is 8.89. The van der Waals surface area contributed by atoms with Crippen LogP contribution >= 0.6 is 0 Å². The zero-order chi connectivity index (χ0) is 17.0. The molecule has 3 rings (SSSR count). The van der Waals surface area contributed by atoms with Crippen LogP contribution in [0.2, 0.25) is 0 Å². The standard InChI is InChI=1S/C20H29N3O/c1-3-20(8-13-24-17(2)14-20)23-11-9-22(10-12-23)16-19-6-4-18(15-21)5-7-19/h4-7,17H,3,8-14,16H2,1-2H3. The van der Waals surface area contributed by atoms with Crippen molar-refractivity contribution in [3.05, 3.63) is 35.4 Å². The molecule has 0 bridgehead atoms. The van der Waals surface area contributed by atoms with Crippen LogP contribution in [0.3, 0.4) is 0 Å². The summed E-state index contributed by atoms with van der Waals surface area (Å²) in [6.45, 7) is 11.0. The Balaban J connectivity index is 1.55. The molecule has 0 aromatic heterocycles. The second kappa shape index (κ2) is 7.65. The van der Waals surface area contributed by atoms with Crippen LogP contribution in [0.4, 0.5) is 0 Å². The van der Waals surface area contributed by atoms with E-state index in [1.165, 1.54) is 24.8 Å². The van der Waals surface area contributed by atoms with Crippen molar-refractivity contribution in [1.82, 2.24) is 9.80 Å². The largest absolute Gasteiger partial charge is 0.378 e. The molecule has 1 aromatic carbocycles. The third-order valence-corrected chi connectivity index (χ3v) is 5.83. The Morgan fingerprint density at radius 3 is 2.50 bits per heavy atom. The second-order valence-electron chi connectivity index (χ2n) is 7.29. The van der Waals surface area contributed by atoms with Gasteiger partial charge in [0.05, 0.1) is 17.7 Å². The Morgan fingerprint density at radius 2 is 1.92 bits per heavy atom. The Bertz CT molecular complexity index is 572. The fourth-order valence-corrected chi connectivity index (χ4v) is 4.30. The molecule has 4 heteroatoms. The Labute approximate surface area is 146 Å². The first-order chi connectivity index (χ1) is 11.6. The molecular formula is C20H29N3O. The molecule has 2 aliphatic rings. The van der Waals surface area contributed by atoms with Crippen molar-refractivity contribution in [1.29, 1.82) is 5.26 Å². The highest BCUT2D eigenvalue weighted by molar-refractivity contribution is 5.31. The van der Waals surface area contributed by atoms with Gasteiger partial charge in [-0.1, -0.05) is 19.1 Å². The van der Waals surface area contributed by atoms with E-state index >= 15 is 0 Å². The molecule has 0 saturated carbocycles. The number of benzene rings is 1. The van der Waals surface area contributed by atoms with E-state index in [9.17, 15) is 0 Å². The van der Waals surface area contributed by atoms with E-state index in [0.717, 1.165) is 44.9 Å². The zero-order valence-corrected chi connectivity index (χ0v) is 15.0. The monoisotopic (exact) mass is 327 g/mol. The molecule has 0 N–H and O–H groups in total. The van der Waals surface area contributed by atoms with Crippen LogP contribution in [-0.4, -0.2) is 54.2 Å². The van der Waals surface area contributed by atoms with E-state index in [2.05, 4.69) is 41.8 Å². The topological polar surface area (TPSA) is 39.5 Å². The summed E-state index contributed by atoms with van der Waals surface area (Å²) in [4.78, 5) is 5.26. The number of nitrogens with zero attached hydrogens (tertiary/aromatic N) is 3. The number of hydrogen-bond acceptors (Lipinski definition) is 4. The van der Waals surface area contributed by atoms with Gasteiger partial charge in [0, 0.05) is 44.9 Å². The van der Waals surface area contributed by atoms with Gasteiger partial charge in [-0.05, 0) is 43.9 Å². The number of piperazine rings is 1. The normalized spacial score (nSPS) is 29.3. The van der Waals surface area contributed by atoms with Crippen LogP contribution in [0.1, 0.15) is 44.2 Å². The third-order valence-electron chi connectivity index (χ3n) is 5.83. The van der Waals surface area contributed by atoms with Crippen LogP contribution < -0.4 is 0 Å². The lowest BCUT2D eigenvalue weighted by molar-refractivity contribution is -0.0814. The summed E-state index contributed by atoms with van der Waals surface area (Å²) in [6.07, 6.45) is 3.94. The van der Waals surface area contributed by atoms with E-state index < -0.39 is 0 Å². The fourth-order valence-electron chi connectivity index (χ4n) is 4.30.